The van der Waals surface area contributed by atoms with Gasteiger partial charge in [-0.1, -0.05) is 24.3 Å². The molecule has 0 aliphatic rings. The van der Waals surface area contributed by atoms with Crippen molar-refractivity contribution in [3.05, 3.63) is 36.4 Å². The number of nitrogens with two attached hydrogens (primary N) is 1. The van der Waals surface area contributed by atoms with Gasteiger partial charge in [0.05, 0.1) is 12.8 Å². The smallest absolute Gasteiger partial charge is 0.413 e. The number of nitrogen functional groups attached to an aromatic ring is 1. The number of benzene rings is 2. The van der Waals surface area contributed by atoms with E-state index in [2.05, 4.69) is 0 Å². The lowest BCUT2D eigenvalue weighted by Gasteiger charge is -2.18. The Hall–Kier alpha value is -2.23. The highest BCUT2D eigenvalue weighted by molar-refractivity contribution is 6.05. The van der Waals surface area contributed by atoms with Crippen LogP contribution in [-0.2, 0) is 4.74 Å². The Morgan fingerprint density at radius 1 is 1.18 bits per heavy atom. The minimum Gasteiger partial charge on any atom is -0.452 e. The molecule has 2 rings (SSSR count). The highest BCUT2D eigenvalue weighted by Crippen LogP contribution is 2.29. The van der Waals surface area contributed by atoms with E-state index >= 15 is 0 Å². The summed E-state index contributed by atoms with van der Waals surface area (Å²) in [5.41, 5.74) is 7.38. The number of fused-ring (bicyclic) bond motifs is 1. The van der Waals surface area contributed by atoms with Gasteiger partial charge in [0.15, 0.2) is 0 Å². The normalized spacial score (nSPS) is 10.2. The molecule has 0 saturated heterocycles. The maximum absolute atomic E-state index is 11.5. The fourth-order valence-electron chi connectivity index (χ4n) is 1.85. The molecule has 0 unspecified atom stereocenters. The first-order valence-electron chi connectivity index (χ1n) is 5.24. The molecular weight excluding hydrogens is 216 g/mol. The van der Waals surface area contributed by atoms with Crippen molar-refractivity contribution < 1.29 is 9.53 Å². The Kier molecular flexibility index (Phi) is 2.87. The van der Waals surface area contributed by atoms with Crippen LogP contribution in [0, 0.1) is 0 Å². The summed E-state index contributed by atoms with van der Waals surface area (Å²) in [7, 11) is 3.03. The fourth-order valence-corrected chi connectivity index (χ4v) is 1.85. The van der Waals surface area contributed by atoms with Gasteiger partial charge in [0.2, 0.25) is 0 Å². The van der Waals surface area contributed by atoms with Crippen LogP contribution in [0.1, 0.15) is 0 Å². The molecule has 2 aromatic rings. The SMILES string of the molecule is COC(=O)N(C)c1cccc2c(N)cccc12. The minimum atomic E-state index is -0.403. The van der Waals surface area contributed by atoms with Gasteiger partial charge in [0.1, 0.15) is 0 Å². The van der Waals surface area contributed by atoms with E-state index in [1.807, 2.05) is 36.4 Å². The van der Waals surface area contributed by atoms with Gasteiger partial charge in [-0.25, -0.2) is 4.79 Å². The summed E-state index contributed by atoms with van der Waals surface area (Å²) in [6, 6.07) is 11.3. The summed E-state index contributed by atoms with van der Waals surface area (Å²) in [4.78, 5) is 13.0. The Morgan fingerprint density at radius 2 is 1.82 bits per heavy atom. The summed E-state index contributed by atoms with van der Waals surface area (Å²) >= 11 is 0. The molecular formula is C13H14N2O2. The molecule has 0 saturated carbocycles. The molecule has 0 atom stereocenters. The molecule has 1 amide bonds. The lowest BCUT2D eigenvalue weighted by atomic mass is 10.1. The van der Waals surface area contributed by atoms with Crippen LogP contribution in [0.2, 0.25) is 0 Å². The summed E-state index contributed by atoms with van der Waals surface area (Å²) in [6.45, 7) is 0. The fraction of sp³-hybridized carbons (Fsp3) is 0.154. The van der Waals surface area contributed by atoms with E-state index in [0.717, 1.165) is 16.5 Å². The second-order valence-corrected chi connectivity index (χ2v) is 3.75. The van der Waals surface area contributed by atoms with Crippen molar-refractivity contribution in [2.75, 3.05) is 24.8 Å². The number of ether oxygens (including phenoxy) is 1. The van der Waals surface area contributed by atoms with Crippen molar-refractivity contribution in [3.8, 4) is 0 Å². The van der Waals surface area contributed by atoms with Gasteiger partial charge in [-0.15, -0.1) is 0 Å². The molecule has 0 aromatic heterocycles. The summed E-state index contributed by atoms with van der Waals surface area (Å²) in [5, 5.41) is 1.86. The van der Waals surface area contributed by atoms with Crippen molar-refractivity contribution in [2.45, 2.75) is 0 Å². The van der Waals surface area contributed by atoms with E-state index < -0.39 is 6.09 Å². The molecule has 0 aliphatic heterocycles. The molecule has 2 N–H and O–H groups in total. The van der Waals surface area contributed by atoms with Crippen LogP contribution in [0.25, 0.3) is 10.8 Å². The number of hydrogen-bond acceptors (Lipinski definition) is 3. The molecule has 0 aliphatic carbocycles. The highest BCUT2D eigenvalue weighted by atomic mass is 16.5. The van der Waals surface area contributed by atoms with E-state index in [-0.39, 0.29) is 0 Å². The monoisotopic (exact) mass is 230 g/mol. The Balaban J connectivity index is 2.62. The van der Waals surface area contributed by atoms with Crippen LogP contribution in [0.4, 0.5) is 16.2 Å². The molecule has 88 valence electrons. The van der Waals surface area contributed by atoms with E-state index in [1.54, 1.807) is 7.05 Å². The molecule has 4 nitrogen and oxygen atoms in total. The topological polar surface area (TPSA) is 55.6 Å². The van der Waals surface area contributed by atoms with Gasteiger partial charge in [-0.2, -0.15) is 0 Å². The van der Waals surface area contributed by atoms with Crippen LogP contribution in [-0.4, -0.2) is 20.3 Å². The summed E-state index contributed by atoms with van der Waals surface area (Å²) in [6.07, 6.45) is -0.403. The van der Waals surface area contributed by atoms with E-state index in [4.69, 9.17) is 10.5 Å². The number of carbonyl (C=O) groups excluding carboxylic acids is 1. The highest BCUT2D eigenvalue weighted by Gasteiger charge is 2.13. The maximum Gasteiger partial charge on any atom is 0.413 e. The van der Waals surface area contributed by atoms with Crippen LogP contribution in [0.3, 0.4) is 0 Å². The first-order valence-corrected chi connectivity index (χ1v) is 5.24. The quantitative estimate of drug-likeness (QED) is 0.766. The van der Waals surface area contributed by atoms with Crippen LogP contribution < -0.4 is 10.6 Å². The predicted octanol–water partition coefficient (Wildman–Crippen LogP) is 2.62. The largest absolute Gasteiger partial charge is 0.452 e. The van der Waals surface area contributed by atoms with Crippen LogP contribution in [0.15, 0.2) is 36.4 Å². The predicted molar refractivity (Wildman–Crippen MR) is 69.2 cm³/mol. The number of anilines is 2. The number of amides is 1. The first kappa shape index (κ1) is 11.3. The third-order valence-electron chi connectivity index (χ3n) is 2.74. The first-order chi connectivity index (χ1) is 8.15. The second kappa shape index (κ2) is 4.33. The van der Waals surface area contributed by atoms with Gasteiger partial charge in [0, 0.05) is 23.5 Å². The molecule has 17 heavy (non-hydrogen) atoms. The molecule has 4 heteroatoms. The molecule has 0 heterocycles. The Morgan fingerprint density at radius 3 is 2.53 bits per heavy atom. The van der Waals surface area contributed by atoms with Gasteiger partial charge >= 0.3 is 6.09 Å². The third kappa shape index (κ3) is 1.89. The van der Waals surface area contributed by atoms with Crippen molar-refractivity contribution in [1.29, 1.82) is 0 Å². The third-order valence-corrected chi connectivity index (χ3v) is 2.74. The molecule has 2 aromatic carbocycles. The van der Waals surface area contributed by atoms with Gasteiger partial charge in [-0.05, 0) is 12.1 Å². The van der Waals surface area contributed by atoms with Gasteiger partial charge < -0.3 is 10.5 Å². The zero-order valence-corrected chi connectivity index (χ0v) is 9.81. The van der Waals surface area contributed by atoms with Crippen molar-refractivity contribution in [3.63, 3.8) is 0 Å². The van der Waals surface area contributed by atoms with E-state index in [0.29, 0.717) is 5.69 Å². The molecule has 0 spiro atoms. The zero-order valence-electron chi connectivity index (χ0n) is 9.81. The van der Waals surface area contributed by atoms with E-state index in [9.17, 15) is 4.79 Å². The number of hydrogen-bond donors (Lipinski definition) is 1. The van der Waals surface area contributed by atoms with E-state index in [1.165, 1.54) is 12.0 Å². The van der Waals surface area contributed by atoms with Crippen LogP contribution >= 0.6 is 0 Å². The Bertz CT molecular complexity index is 566. The molecule has 0 radical (unpaired) electrons. The van der Waals surface area contributed by atoms with Gasteiger partial charge in [0.25, 0.3) is 0 Å². The number of carbonyl (C=O) groups is 1. The number of nitrogens with zero attached hydrogens (tertiary/aromatic N) is 1. The lowest BCUT2D eigenvalue weighted by Crippen LogP contribution is -2.25. The van der Waals surface area contributed by atoms with Gasteiger partial charge in [-0.3, -0.25) is 4.90 Å². The second-order valence-electron chi connectivity index (χ2n) is 3.75. The average Bonchev–Trinajstić information content (AvgIpc) is 2.37. The van der Waals surface area contributed by atoms with Crippen molar-refractivity contribution in [1.82, 2.24) is 0 Å². The lowest BCUT2D eigenvalue weighted by molar-refractivity contribution is 0.180. The van der Waals surface area contributed by atoms with Crippen molar-refractivity contribution >= 4 is 28.2 Å². The standard InChI is InChI=1S/C13H14N2O2/c1-15(13(16)17-2)12-8-4-5-9-10(12)6-3-7-11(9)14/h3-8H,14H2,1-2H3. The molecule has 0 bridgehead atoms. The number of rotatable bonds is 1. The zero-order chi connectivity index (χ0) is 12.4. The molecule has 0 fully saturated rings. The number of methoxy groups -OCH3 is 1. The minimum absolute atomic E-state index is 0.403. The summed E-state index contributed by atoms with van der Waals surface area (Å²) < 4.78 is 4.70. The average molecular weight is 230 g/mol. The van der Waals surface area contributed by atoms with Crippen molar-refractivity contribution in [2.24, 2.45) is 0 Å². The van der Waals surface area contributed by atoms with Crippen LogP contribution in [0.5, 0.6) is 0 Å². The maximum atomic E-state index is 11.5. The summed E-state index contributed by atoms with van der Waals surface area (Å²) in [5.74, 6) is 0. The Labute approximate surface area is 99.6 Å².